The molecule has 1 aliphatic heterocycles. The number of rotatable bonds is 4. The van der Waals surface area contributed by atoms with Crippen molar-refractivity contribution in [1.82, 2.24) is 20.8 Å². The summed E-state index contributed by atoms with van der Waals surface area (Å²) in [5.74, 6) is -0.127. The van der Waals surface area contributed by atoms with Gasteiger partial charge in [0.15, 0.2) is 5.69 Å². The zero-order chi connectivity index (χ0) is 17.4. The van der Waals surface area contributed by atoms with Gasteiger partial charge in [0.2, 0.25) is 0 Å². The normalized spacial score (nSPS) is 17.6. The van der Waals surface area contributed by atoms with Gasteiger partial charge in [-0.05, 0) is 30.5 Å². The predicted octanol–water partition coefficient (Wildman–Crippen LogP) is 3.64. The fourth-order valence-electron chi connectivity index (χ4n) is 3.81. The van der Waals surface area contributed by atoms with Gasteiger partial charge >= 0.3 is 0 Å². The van der Waals surface area contributed by atoms with Crippen LogP contribution in [-0.4, -0.2) is 29.2 Å². The van der Waals surface area contributed by atoms with Gasteiger partial charge in [-0.3, -0.25) is 9.89 Å². The van der Waals surface area contributed by atoms with E-state index in [9.17, 15) is 4.79 Å². The minimum Gasteiger partial charge on any atom is -0.350 e. The van der Waals surface area contributed by atoms with Crippen LogP contribution in [-0.2, 0) is 18.4 Å². The molecule has 1 aromatic heterocycles. The molecule has 1 amide bonds. The fraction of sp³-hybridized carbons (Fsp3) is 0.444. The molecule has 0 saturated heterocycles. The van der Waals surface area contributed by atoms with Crippen molar-refractivity contribution in [3.05, 3.63) is 50.8 Å². The van der Waals surface area contributed by atoms with Crippen LogP contribution in [0.2, 0.25) is 10.0 Å². The minimum absolute atomic E-state index is 0. The van der Waals surface area contributed by atoms with E-state index >= 15 is 0 Å². The Bertz CT molecular complexity index is 817. The van der Waals surface area contributed by atoms with E-state index < -0.39 is 0 Å². The Hall–Kier alpha value is -1.27. The fourth-order valence-corrected chi connectivity index (χ4v) is 4.42. The third kappa shape index (κ3) is 3.46. The number of aromatic nitrogens is 2. The lowest BCUT2D eigenvalue weighted by atomic mass is 9.64. The van der Waals surface area contributed by atoms with Gasteiger partial charge in [-0.1, -0.05) is 35.7 Å². The maximum Gasteiger partial charge on any atom is 0.272 e. The molecular formula is C18H21Cl3N4O. The standard InChI is InChI=1S/C18H20Cl2N4O.ClH/c19-11-2-3-13(14(20)8-11)18(5-1-6-18)10-22-17(25)16-12-9-21-7-4-15(12)23-24-16;/h2-3,8,21H,1,4-7,9-10H2,(H,22,25)(H,23,24);1H. The maximum atomic E-state index is 12.7. The number of carbonyl (C=O) groups is 1. The van der Waals surface area contributed by atoms with Gasteiger partial charge in [-0.25, -0.2) is 0 Å². The highest BCUT2D eigenvalue weighted by Crippen LogP contribution is 2.46. The number of amides is 1. The number of nitrogens with zero attached hydrogens (tertiary/aromatic N) is 1. The lowest BCUT2D eigenvalue weighted by Gasteiger charge is -2.43. The van der Waals surface area contributed by atoms with Gasteiger partial charge in [0.25, 0.3) is 5.91 Å². The van der Waals surface area contributed by atoms with Crippen molar-refractivity contribution >= 4 is 41.5 Å². The molecule has 0 spiro atoms. The number of aromatic amines is 1. The van der Waals surface area contributed by atoms with E-state index in [0.29, 0.717) is 28.8 Å². The first-order chi connectivity index (χ1) is 12.1. The molecule has 2 heterocycles. The van der Waals surface area contributed by atoms with Crippen LogP contribution >= 0.6 is 35.6 Å². The van der Waals surface area contributed by atoms with Crippen LogP contribution in [0, 0.1) is 0 Å². The topological polar surface area (TPSA) is 69.8 Å². The number of benzene rings is 1. The molecule has 2 aromatic rings. The van der Waals surface area contributed by atoms with E-state index in [-0.39, 0.29) is 23.7 Å². The van der Waals surface area contributed by atoms with Gasteiger partial charge in [-0.2, -0.15) is 5.10 Å². The second-order valence-corrected chi connectivity index (χ2v) is 7.74. The lowest BCUT2D eigenvalue weighted by Crippen LogP contribution is -2.46. The Balaban J connectivity index is 0.00000196. The minimum atomic E-state index is -0.127. The summed E-state index contributed by atoms with van der Waals surface area (Å²) >= 11 is 12.4. The molecule has 0 radical (unpaired) electrons. The van der Waals surface area contributed by atoms with Crippen LogP contribution in [0.5, 0.6) is 0 Å². The Morgan fingerprint density at radius 1 is 1.31 bits per heavy atom. The quantitative estimate of drug-likeness (QED) is 0.714. The van der Waals surface area contributed by atoms with E-state index in [1.54, 1.807) is 6.07 Å². The van der Waals surface area contributed by atoms with E-state index in [1.165, 1.54) is 0 Å². The summed E-state index contributed by atoms with van der Waals surface area (Å²) in [5.41, 5.74) is 3.50. The molecular weight excluding hydrogens is 395 g/mol. The van der Waals surface area contributed by atoms with Crippen LogP contribution in [0.3, 0.4) is 0 Å². The summed E-state index contributed by atoms with van der Waals surface area (Å²) in [4.78, 5) is 12.7. The molecule has 4 rings (SSSR count). The Labute approximate surface area is 168 Å². The van der Waals surface area contributed by atoms with Crippen molar-refractivity contribution in [2.75, 3.05) is 13.1 Å². The molecule has 1 aliphatic carbocycles. The first-order valence-electron chi connectivity index (χ1n) is 8.60. The predicted molar refractivity (Wildman–Crippen MR) is 106 cm³/mol. The molecule has 26 heavy (non-hydrogen) atoms. The Kier molecular flexibility index (Phi) is 5.82. The second kappa shape index (κ2) is 7.77. The monoisotopic (exact) mass is 414 g/mol. The number of H-pyrrole nitrogens is 1. The Morgan fingerprint density at radius 2 is 2.12 bits per heavy atom. The lowest BCUT2D eigenvalue weighted by molar-refractivity contribution is 0.0921. The average Bonchev–Trinajstić information content (AvgIpc) is 2.99. The number of halogens is 3. The third-order valence-corrected chi connectivity index (χ3v) is 5.97. The molecule has 0 atom stereocenters. The largest absolute Gasteiger partial charge is 0.350 e. The molecule has 0 bridgehead atoms. The SMILES string of the molecule is Cl.O=C(NCC1(c2ccc(Cl)cc2Cl)CCC1)c1n[nH]c2c1CNCC2. The van der Waals surface area contributed by atoms with E-state index in [2.05, 4.69) is 20.8 Å². The van der Waals surface area contributed by atoms with Gasteiger partial charge in [0.1, 0.15) is 0 Å². The van der Waals surface area contributed by atoms with Crippen molar-refractivity contribution < 1.29 is 4.79 Å². The third-order valence-electron chi connectivity index (χ3n) is 5.42. The van der Waals surface area contributed by atoms with E-state index in [0.717, 1.165) is 49.0 Å². The molecule has 1 fully saturated rings. The van der Waals surface area contributed by atoms with E-state index in [1.807, 2.05) is 12.1 Å². The van der Waals surface area contributed by atoms with Gasteiger partial charge in [-0.15, -0.1) is 12.4 Å². The highest BCUT2D eigenvalue weighted by atomic mass is 35.5. The summed E-state index contributed by atoms with van der Waals surface area (Å²) in [7, 11) is 0. The molecule has 1 saturated carbocycles. The molecule has 0 unspecified atom stereocenters. The summed E-state index contributed by atoms with van der Waals surface area (Å²) in [6.07, 6.45) is 4.03. The molecule has 3 N–H and O–H groups in total. The summed E-state index contributed by atoms with van der Waals surface area (Å²) < 4.78 is 0. The number of hydrogen-bond donors (Lipinski definition) is 3. The zero-order valence-electron chi connectivity index (χ0n) is 14.2. The van der Waals surface area contributed by atoms with Crippen LogP contribution in [0.1, 0.15) is 46.6 Å². The summed E-state index contributed by atoms with van der Waals surface area (Å²) in [5, 5.41) is 14.9. The molecule has 2 aliphatic rings. The molecule has 1 aromatic carbocycles. The van der Waals surface area contributed by atoms with Crippen molar-refractivity contribution in [3.63, 3.8) is 0 Å². The first-order valence-corrected chi connectivity index (χ1v) is 9.35. The van der Waals surface area contributed by atoms with Crippen LogP contribution in [0.25, 0.3) is 0 Å². The highest BCUT2D eigenvalue weighted by Gasteiger charge is 2.40. The summed E-state index contributed by atoms with van der Waals surface area (Å²) in [6, 6.07) is 5.62. The molecule has 5 nitrogen and oxygen atoms in total. The number of fused-ring (bicyclic) bond motifs is 1. The number of nitrogens with one attached hydrogen (secondary N) is 3. The summed E-state index contributed by atoms with van der Waals surface area (Å²) in [6.45, 7) is 2.15. The van der Waals surface area contributed by atoms with Crippen LogP contribution in [0.4, 0.5) is 0 Å². The van der Waals surface area contributed by atoms with Crippen molar-refractivity contribution in [2.45, 2.75) is 37.6 Å². The Morgan fingerprint density at radius 3 is 2.81 bits per heavy atom. The molecule has 8 heteroatoms. The van der Waals surface area contributed by atoms with Crippen molar-refractivity contribution in [2.24, 2.45) is 0 Å². The van der Waals surface area contributed by atoms with E-state index in [4.69, 9.17) is 23.2 Å². The highest BCUT2D eigenvalue weighted by molar-refractivity contribution is 6.35. The second-order valence-electron chi connectivity index (χ2n) is 6.90. The van der Waals surface area contributed by atoms with Gasteiger partial charge in [0.05, 0.1) is 0 Å². The number of hydrogen-bond acceptors (Lipinski definition) is 3. The van der Waals surface area contributed by atoms with Gasteiger partial charge in [0, 0.05) is 52.8 Å². The number of carbonyl (C=O) groups excluding carboxylic acids is 1. The smallest absolute Gasteiger partial charge is 0.272 e. The van der Waals surface area contributed by atoms with Crippen molar-refractivity contribution in [3.8, 4) is 0 Å². The van der Waals surface area contributed by atoms with Gasteiger partial charge < -0.3 is 10.6 Å². The van der Waals surface area contributed by atoms with Crippen LogP contribution in [0.15, 0.2) is 18.2 Å². The zero-order valence-corrected chi connectivity index (χ0v) is 16.5. The maximum absolute atomic E-state index is 12.7. The van der Waals surface area contributed by atoms with Crippen LogP contribution < -0.4 is 10.6 Å². The molecule has 140 valence electrons. The first kappa shape index (κ1) is 19.5. The average molecular weight is 416 g/mol. The van der Waals surface area contributed by atoms with Crippen molar-refractivity contribution in [1.29, 1.82) is 0 Å².